The number of allylic oxidation sites excluding steroid dienone is 2. The second-order valence-corrected chi connectivity index (χ2v) is 10.9. The van der Waals surface area contributed by atoms with E-state index < -0.39 is 5.97 Å². The molecule has 1 fully saturated rings. The van der Waals surface area contributed by atoms with Gasteiger partial charge in [-0.1, -0.05) is 62.3 Å². The fraction of sp³-hybridized carbons (Fsp3) is 0.613. The number of carboxylic acids is 1. The zero-order valence-electron chi connectivity index (χ0n) is 25.8. The van der Waals surface area contributed by atoms with Crippen molar-refractivity contribution >= 4 is 11.8 Å². The molecular weight excluding hydrogens is 555 g/mol. The maximum atomic E-state index is 10.4. The number of nitrogens with zero attached hydrogens (tertiary/aromatic N) is 8. The number of hydrogen-bond acceptors (Lipinski definition) is 9. The van der Waals surface area contributed by atoms with Crippen LogP contribution in [0.4, 0.5) is 5.82 Å². The van der Waals surface area contributed by atoms with E-state index in [4.69, 9.17) is 9.84 Å². The molecule has 3 aromatic rings. The van der Waals surface area contributed by atoms with Gasteiger partial charge < -0.3 is 19.5 Å². The number of aliphatic carboxylic acids is 1. The molecule has 11 nitrogen and oxygen atoms in total. The molecule has 1 saturated heterocycles. The molecule has 228 valence electrons. The topological polar surface area (TPSA) is 127 Å². The van der Waals surface area contributed by atoms with Crippen molar-refractivity contribution < 1.29 is 44.2 Å². The molecule has 3 aromatic heterocycles. The summed E-state index contributed by atoms with van der Waals surface area (Å²) in [7, 11) is 0. The van der Waals surface area contributed by atoms with Crippen LogP contribution < -0.4 is 39.6 Å². The van der Waals surface area contributed by atoms with Gasteiger partial charge in [-0.25, -0.2) is 19.3 Å². The Kier molecular flexibility index (Phi) is 16.5. The molecule has 12 heteroatoms. The summed E-state index contributed by atoms with van der Waals surface area (Å²) in [5.41, 5.74) is 2.01. The largest absolute Gasteiger partial charge is 1.00 e. The van der Waals surface area contributed by atoms with E-state index in [1.54, 1.807) is 17.2 Å². The zero-order chi connectivity index (χ0) is 29.2. The first-order valence-corrected chi connectivity index (χ1v) is 15.7. The minimum atomic E-state index is -0.933. The van der Waals surface area contributed by atoms with Crippen molar-refractivity contribution in [2.24, 2.45) is 0 Å². The number of carboxylic acid groups (broad SMARTS) is 1. The SMILES string of the molecule is O=C([O-])CCCCCCC/C=C\CCCCCCCCc1c(-n2ccnn2)cnn1-c1cc(N2CCOCC2)ncn1.[Na+]. The average molecular weight is 601 g/mol. The van der Waals surface area contributed by atoms with Gasteiger partial charge in [-0.05, 0) is 51.4 Å². The summed E-state index contributed by atoms with van der Waals surface area (Å²) in [6, 6.07) is 2.00. The van der Waals surface area contributed by atoms with E-state index in [0.29, 0.717) is 13.2 Å². The standard InChI is InChI=1S/C31H46N8O3.Na/c40-31(41)17-15-13-11-9-7-5-3-1-2-4-6-8-10-12-14-16-27-28(38-19-18-34-36-38)25-35-39(27)30-24-29(32-26-33-30)37-20-22-42-23-21-37;/h1,3,18-19,24-26H,2,4-17,20-23H2,(H,40,41);/q;+1/p-1/b3-1-;. The quantitative estimate of drug-likeness (QED) is 0.107. The molecule has 43 heavy (non-hydrogen) atoms. The molecule has 0 amide bonds. The van der Waals surface area contributed by atoms with Crippen LogP contribution in [0.15, 0.2) is 43.1 Å². The van der Waals surface area contributed by atoms with Crippen LogP contribution in [0.1, 0.15) is 95.6 Å². The Morgan fingerprint density at radius 3 is 2.21 bits per heavy atom. The summed E-state index contributed by atoms with van der Waals surface area (Å²) < 4.78 is 9.19. The third kappa shape index (κ3) is 12.1. The summed E-state index contributed by atoms with van der Waals surface area (Å²) in [6.45, 7) is 3.05. The molecule has 1 aliphatic heterocycles. The van der Waals surface area contributed by atoms with Gasteiger partial charge in [-0.3, -0.25) is 0 Å². The van der Waals surface area contributed by atoms with Crippen molar-refractivity contribution in [1.29, 1.82) is 0 Å². The summed E-state index contributed by atoms with van der Waals surface area (Å²) in [4.78, 5) is 21.7. The molecule has 0 N–H and O–H groups in total. The molecule has 0 atom stereocenters. The fourth-order valence-electron chi connectivity index (χ4n) is 5.30. The number of ether oxygens (including phenoxy) is 1. The number of carbonyl (C=O) groups is 1. The number of unbranched alkanes of at least 4 members (excludes halogenated alkanes) is 11. The van der Waals surface area contributed by atoms with Crippen LogP contribution in [0.3, 0.4) is 0 Å². The molecule has 0 unspecified atom stereocenters. The Labute approximate surface area is 277 Å². The van der Waals surface area contributed by atoms with Crippen molar-refractivity contribution in [1.82, 2.24) is 34.7 Å². The van der Waals surface area contributed by atoms with Crippen molar-refractivity contribution in [3.05, 3.63) is 48.8 Å². The van der Waals surface area contributed by atoms with E-state index in [9.17, 15) is 9.90 Å². The fourth-order valence-corrected chi connectivity index (χ4v) is 5.30. The summed E-state index contributed by atoms with van der Waals surface area (Å²) in [5.74, 6) is 0.719. The van der Waals surface area contributed by atoms with Gasteiger partial charge in [0, 0.05) is 25.1 Å². The Hall–Kier alpha value is -2.60. The second kappa shape index (κ2) is 20.4. The van der Waals surface area contributed by atoms with Gasteiger partial charge in [-0.2, -0.15) is 5.10 Å². The summed E-state index contributed by atoms with van der Waals surface area (Å²) >= 11 is 0. The van der Waals surface area contributed by atoms with Crippen LogP contribution in [0.25, 0.3) is 11.5 Å². The monoisotopic (exact) mass is 600 g/mol. The van der Waals surface area contributed by atoms with Crippen LogP contribution in [0, 0.1) is 0 Å². The molecule has 0 bridgehead atoms. The Balaban J connectivity index is 0.00000506. The summed E-state index contributed by atoms with van der Waals surface area (Å²) in [6.07, 6.45) is 27.4. The maximum Gasteiger partial charge on any atom is 1.00 e. The molecule has 4 rings (SSSR count). The Morgan fingerprint density at radius 2 is 1.53 bits per heavy atom. The van der Waals surface area contributed by atoms with E-state index in [-0.39, 0.29) is 36.0 Å². The van der Waals surface area contributed by atoms with Crippen LogP contribution in [0.2, 0.25) is 0 Å². The van der Waals surface area contributed by atoms with E-state index in [2.05, 4.69) is 37.3 Å². The van der Waals surface area contributed by atoms with Crippen molar-refractivity contribution in [3.63, 3.8) is 0 Å². The minimum Gasteiger partial charge on any atom is -0.550 e. The Bertz CT molecular complexity index is 1210. The van der Waals surface area contributed by atoms with Gasteiger partial charge in [0.15, 0.2) is 5.82 Å². The molecule has 0 radical (unpaired) electrons. The minimum absolute atomic E-state index is 0. The number of morpholine rings is 1. The first kappa shape index (κ1) is 34.9. The maximum absolute atomic E-state index is 10.4. The van der Waals surface area contributed by atoms with Gasteiger partial charge in [0.05, 0.1) is 37.5 Å². The molecule has 4 heterocycles. The summed E-state index contributed by atoms with van der Waals surface area (Å²) in [5, 5.41) is 23.3. The van der Waals surface area contributed by atoms with Crippen molar-refractivity contribution in [3.8, 4) is 11.5 Å². The smallest absolute Gasteiger partial charge is 0.550 e. The van der Waals surface area contributed by atoms with Gasteiger partial charge in [0.25, 0.3) is 0 Å². The van der Waals surface area contributed by atoms with Crippen molar-refractivity contribution in [2.75, 3.05) is 31.2 Å². The second-order valence-electron chi connectivity index (χ2n) is 10.9. The number of anilines is 1. The van der Waals surface area contributed by atoms with Gasteiger partial charge in [0.2, 0.25) is 0 Å². The number of hydrogen-bond donors (Lipinski definition) is 0. The molecule has 0 aromatic carbocycles. The van der Waals surface area contributed by atoms with Crippen LogP contribution in [-0.2, 0) is 16.0 Å². The molecule has 1 aliphatic rings. The van der Waals surface area contributed by atoms with Gasteiger partial charge in [0.1, 0.15) is 17.8 Å². The predicted octanol–water partition coefficient (Wildman–Crippen LogP) is 1.39. The molecular formula is C31H45N8NaO3. The third-order valence-corrected chi connectivity index (χ3v) is 7.66. The van der Waals surface area contributed by atoms with Crippen LogP contribution >= 0.6 is 0 Å². The predicted molar refractivity (Wildman–Crippen MR) is 160 cm³/mol. The first-order chi connectivity index (χ1) is 20.7. The van der Waals surface area contributed by atoms with Gasteiger partial charge >= 0.3 is 29.6 Å². The van der Waals surface area contributed by atoms with E-state index in [0.717, 1.165) is 81.1 Å². The average Bonchev–Trinajstić information content (AvgIpc) is 3.69. The third-order valence-electron chi connectivity index (χ3n) is 7.66. The van der Waals surface area contributed by atoms with Crippen LogP contribution in [0.5, 0.6) is 0 Å². The number of rotatable bonds is 20. The zero-order valence-corrected chi connectivity index (χ0v) is 27.8. The van der Waals surface area contributed by atoms with Gasteiger partial charge in [-0.15, -0.1) is 5.10 Å². The van der Waals surface area contributed by atoms with Crippen LogP contribution in [-0.4, -0.2) is 67.0 Å². The molecule has 0 saturated carbocycles. The normalized spacial score (nSPS) is 13.4. The number of carbonyl (C=O) groups excluding carboxylic acids is 1. The molecule has 0 spiro atoms. The van der Waals surface area contributed by atoms with E-state index in [1.807, 2.05) is 23.1 Å². The van der Waals surface area contributed by atoms with E-state index in [1.165, 1.54) is 44.9 Å². The Morgan fingerprint density at radius 1 is 0.884 bits per heavy atom. The van der Waals surface area contributed by atoms with Crippen molar-refractivity contribution in [2.45, 2.75) is 96.3 Å². The molecule has 0 aliphatic carbocycles. The first-order valence-electron chi connectivity index (χ1n) is 15.7. The van der Waals surface area contributed by atoms with E-state index >= 15 is 0 Å². The number of aromatic nitrogens is 7.